The fraction of sp³-hybridized carbons (Fsp3) is 0.792. The van der Waals surface area contributed by atoms with Crippen LogP contribution in [0.15, 0.2) is 36.4 Å². The van der Waals surface area contributed by atoms with E-state index in [-0.39, 0.29) is 52.0 Å². The summed E-state index contributed by atoms with van der Waals surface area (Å²) < 4.78 is 17.3. The Kier molecular flexibility index (Phi) is 10.7. The lowest BCUT2D eigenvalue weighted by Crippen LogP contribution is -2.67. The van der Waals surface area contributed by atoms with Crippen LogP contribution in [0.2, 0.25) is 0 Å². The van der Waals surface area contributed by atoms with E-state index in [2.05, 4.69) is 58.8 Å². The zero-order valence-electron chi connectivity index (χ0n) is 36.4. The first-order valence-corrected chi connectivity index (χ1v) is 22.5. The molecule has 2 aliphatic heterocycles. The van der Waals surface area contributed by atoms with Crippen LogP contribution in [0, 0.1) is 56.7 Å². The molecule has 0 radical (unpaired) electrons. The molecule has 5 aliphatic carbocycles. The van der Waals surface area contributed by atoms with E-state index in [1.54, 1.807) is 19.9 Å². The minimum absolute atomic E-state index is 0.0131. The van der Waals surface area contributed by atoms with Crippen molar-refractivity contribution < 1.29 is 39.1 Å². The Bertz CT molecular complexity index is 1780. The van der Waals surface area contributed by atoms with Crippen LogP contribution >= 0.6 is 0 Å². The quantitative estimate of drug-likeness (QED) is 0.183. The van der Waals surface area contributed by atoms with Crippen molar-refractivity contribution in [2.24, 2.45) is 56.7 Å². The van der Waals surface area contributed by atoms with E-state index in [1.165, 1.54) is 24.8 Å². The summed E-state index contributed by atoms with van der Waals surface area (Å²) in [6.45, 7) is 23.1. The van der Waals surface area contributed by atoms with E-state index >= 15 is 0 Å². The topological polar surface area (TPSA) is 147 Å². The summed E-state index contributed by atoms with van der Waals surface area (Å²) in [5, 5.41) is 38.8. The number of amides is 2. The Morgan fingerprint density at radius 3 is 2.33 bits per heavy atom. The van der Waals surface area contributed by atoms with E-state index in [0.29, 0.717) is 42.2 Å². The summed E-state index contributed by atoms with van der Waals surface area (Å²) in [6, 6.07) is 7.43. The zero-order chi connectivity index (χ0) is 41.8. The standard InChI is InChI=1S/C48H72N2O8/c1-27(2)30-15-21-48(23-22-46(8)31(36(30)48)13-14-34-45(7)19-17-35(51)43(3,4)33(45)16-20-47(34,46)9)42(55)49-24-18-28-11-10-12-29(25-28)40(54)50-26-32-37(52)38(53)39-41(56-32)58-44(5,6)57-39/h10-12,25,30-39,41,51-53H,1,13-24,26H2,2-9H3,(H,49,55)(H,50,54)/t30-,31?,32?,33?,34?,35-,36?,37+,38-,39+,41?,45-,46+,47+,48-/m0/s1. The first-order chi connectivity index (χ1) is 27.2. The van der Waals surface area contributed by atoms with Gasteiger partial charge in [0.15, 0.2) is 12.1 Å². The van der Waals surface area contributed by atoms with Crippen molar-refractivity contribution in [3.05, 3.63) is 47.5 Å². The summed E-state index contributed by atoms with van der Waals surface area (Å²) in [5.74, 6) is 1.16. The molecule has 2 saturated heterocycles. The van der Waals surface area contributed by atoms with E-state index in [9.17, 15) is 24.9 Å². The number of carbonyl (C=O) groups excluding carboxylic acids is 2. The highest BCUT2D eigenvalue weighted by Gasteiger charge is 2.72. The molecule has 322 valence electrons. The second-order valence-electron chi connectivity index (χ2n) is 21.8. The summed E-state index contributed by atoms with van der Waals surface area (Å²) in [4.78, 5) is 28.0. The number of hydrogen-bond donors (Lipinski definition) is 5. The van der Waals surface area contributed by atoms with E-state index in [1.807, 2.05) is 18.2 Å². The SMILES string of the molecule is C=C(C)[C@@H]1CC[C@]2(C(=O)NCCc3cccc(C(=O)NCC4OC5OC(C)(C)O[C@@H]5[C@@H](O)[C@@H]4O)c3)CC[C@]3(C)C(CCC4[C@@]5(C)CC[C@H](O)C(C)(C)C5CC[C@]43C)C12. The first-order valence-electron chi connectivity index (χ1n) is 22.5. The van der Waals surface area contributed by atoms with Gasteiger partial charge in [0.25, 0.3) is 5.91 Å². The molecule has 8 rings (SSSR count). The van der Waals surface area contributed by atoms with Crippen LogP contribution in [0.1, 0.15) is 136 Å². The molecule has 58 heavy (non-hydrogen) atoms. The Morgan fingerprint density at radius 2 is 1.59 bits per heavy atom. The van der Waals surface area contributed by atoms with Gasteiger partial charge < -0.3 is 40.2 Å². The van der Waals surface area contributed by atoms with Crippen molar-refractivity contribution in [1.82, 2.24) is 10.6 Å². The molecule has 1 aromatic carbocycles. The predicted molar refractivity (Wildman–Crippen MR) is 221 cm³/mol. The lowest BCUT2D eigenvalue weighted by molar-refractivity contribution is -0.248. The third kappa shape index (κ3) is 6.47. The van der Waals surface area contributed by atoms with Crippen molar-refractivity contribution >= 4 is 11.8 Å². The molecule has 10 nitrogen and oxygen atoms in total. The van der Waals surface area contributed by atoms with Gasteiger partial charge in [-0.3, -0.25) is 9.59 Å². The molecule has 5 N–H and O–H groups in total. The molecule has 0 aromatic heterocycles. The Labute approximate surface area is 346 Å². The van der Waals surface area contributed by atoms with Gasteiger partial charge in [0.1, 0.15) is 24.4 Å². The van der Waals surface area contributed by atoms with Crippen molar-refractivity contribution in [3.63, 3.8) is 0 Å². The van der Waals surface area contributed by atoms with Gasteiger partial charge in [-0.2, -0.15) is 0 Å². The van der Waals surface area contributed by atoms with Gasteiger partial charge in [-0.1, -0.05) is 58.9 Å². The number of nitrogens with one attached hydrogen (secondary N) is 2. The van der Waals surface area contributed by atoms with Crippen molar-refractivity contribution in [1.29, 1.82) is 0 Å². The van der Waals surface area contributed by atoms with Crippen LogP contribution in [-0.2, 0) is 25.4 Å². The molecule has 7 aliphatic rings. The molecule has 10 heteroatoms. The second-order valence-corrected chi connectivity index (χ2v) is 21.8. The van der Waals surface area contributed by atoms with Gasteiger partial charge in [-0.15, -0.1) is 0 Å². The molecule has 0 bridgehead atoms. The summed E-state index contributed by atoms with van der Waals surface area (Å²) in [5.41, 5.74) is 2.71. The number of rotatable bonds is 8. The minimum atomic E-state index is -1.25. The molecule has 6 unspecified atom stereocenters. The number of allylic oxidation sites excluding steroid dienone is 1. The van der Waals surface area contributed by atoms with Crippen molar-refractivity contribution in [3.8, 4) is 0 Å². The lowest BCUT2D eigenvalue weighted by atomic mass is 9.32. The van der Waals surface area contributed by atoms with Gasteiger partial charge in [0.05, 0.1) is 11.5 Å². The lowest BCUT2D eigenvalue weighted by Gasteiger charge is -2.72. The molecule has 15 atom stereocenters. The van der Waals surface area contributed by atoms with Gasteiger partial charge in [0.2, 0.25) is 5.91 Å². The van der Waals surface area contributed by atoms with Crippen LogP contribution in [0.4, 0.5) is 0 Å². The highest BCUT2D eigenvalue weighted by Crippen LogP contribution is 2.77. The zero-order valence-corrected chi connectivity index (χ0v) is 36.4. The number of benzene rings is 1. The molecule has 1 aromatic rings. The Balaban J connectivity index is 0.925. The molecule has 5 saturated carbocycles. The number of hydrogen-bond acceptors (Lipinski definition) is 8. The van der Waals surface area contributed by atoms with E-state index < -0.39 is 41.9 Å². The van der Waals surface area contributed by atoms with Crippen LogP contribution in [-0.4, -0.2) is 82.8 Å². The van der Waals surface area contributed by atoms with Crippen LogP contribution < -0.4 is 10.6 Å². The summed E-state index contributed by atoms with van der Waals surface area (Å²) in [7, 11) is 0. The number of ether oxygens (including phenoxy) is 3. The Hall–Kier alpha value is -2.34. The maximum Gasteiger partial charge on any atom is 0.251 e. The van der Waals surface area contributed by atoms with Crippen molar-refractivity contribution in [2.75, 3.05) is 13.1 Å². The smallest absolute Gasteiger partial charge is 0.251 e. The van der Waals surface area contributed by atoms with Crippen LogP contribution in [0.25, 0.3) is 0 Å². The maximum atomic E-state index is 14.7. The van der Waals surface area contributed by atoms with Gasteiger partial charge in [-0.05, 0) is 160 Å². The third-order valence-electron chi connectivity index (χ3n) is 18.3. The fourth-order valence-corrected chi connectivity index (χ4v) is 15.1. The Morgan fingerprint density at radius 1 is 0.828 bits per heavy atom. The molecule has 2 heterocycles. The predicted octanol–water partition coefficient (Wildman–Crippen LogP) is 6.69. The number of aliphatic hydroxyl groups excluding tert-OH is 3. The molecule has 0 spiro atoms. The van der Waals surface area contributed by atoms with Crippen molar-refractivity contribution in [2.45, 2.75) is 169 Å². The van der Waals surface area contributed by atoms with Crippen LogP contribution in [0.5, 0.6) is 0 Å². The highest BCUT2D eigenvalue weighted by molar-refractivity contribution is 5.94. The van der Waals surface area contributed by atoms with E-state index in [4.69, 9.17) is 14.2 Å². The number of aliphatic hydroxyl groups is 3. The first kappa shape index (κ1) is 42.4. The monoisotopic (exact) mass is 805 g/mol. The normalized spacial score (nSPS) is 46.1. The molecule has 7 fully saturated rings. The number of fused-ring (bicyclic) bond motifs is 8. The molecule has 2 amide bonds. The van der Waals surface area contributed by atoms with E-state index in [0.717, 1.165) is 50.5 Å². The largest absolute Gasteiger partial charge is 0.393 e. The average molecular weight is 805 g/mol. The summed E-state index contributed by atoms with van der Waals surface area (Å²) >= 11 is 0. The second kappa shape index (κ2) is 14.6. The van der Waals surface area contributed by atoms with Crippen LogP contribution in [0.3, 0.4) is 0 Å². The summed E-state index contributed by atoms with van der Waals surface area (Å²) in [6.07, 6.45) is 6.04. The number of carbonyl (C=O) groups is 2. The van der Waals surface area contributed by atoms with Gasteiger partial charge in [-0.25, -0.2) is 0 Å². The third-order valence-corrected chi connectivity index (χ3v) is 18.3. The van der Waals surface area contributed by atoms with Gasteiger partial charge in [0, 0.05) is 18.7 Å². The average Bonchev–Trinajstić information content (AvgIpc) is 3.72. The molecular weight excluding hydrogens is 733 g/mol. The fourth-order valence-electron chi connectivity index (χ4n) is 15.1. The highest BCUT2D eigenvalue weighted by atomic mass is 16.8. The van der Waals surface area contributed by atoms with Gasteiger partial charge >= 0.3 is 0 Å². The maximum absolute atomic E-state index is 14.7. The molecular formula is C48H72N2O8. The minimum Gasteiger partial charge on any atom is -0.393 e.